The molecule has 14 heavy (non-hydrogen) atoms. The summed E-state index contributed by atoms with van der Waals surface area (Å²) in [5, 5.41) is 9.86. The van der Waals surface area contributed by atoms with Crippen LogP contribution in [-0.2, 0) is 14.2 Å². The minimum atomic E-state index is -1.93. The fourth-order valence-corrected chi connectivity index (χ4v) is 0.977. The molecule has 0 saturated carbocycles. The lowest BCUT2D eigenvalue weighted by Gasteiger charge is -2.31. The van der Waals surface area contributed by atoms with Crippen molar-refractivity contribution < 1.29 is 19.3 Å². The lowest BCUT2D eigenvalue weighted by atomic mass is 10.4. The Kier molecular flexibility index (Phi) is 5.59. The summed E-state index contributed by atoms with van der Waals surface area (Å²) in [4.78, 5) is 0. The minimum absolute atomic E-state index is 0.169. The molecule has 0 radical (unpaired) electrons. The number of hydrogen-bond acceptors (Lipinski definition) is 4. The summed E-state index contributed by atoms with van der Waals surface area (Å²) >= 11 is 0. The zero-order valence-electron chi connectivity index (χ0n) is 9.90. The first kappa shape index (κ1) is 13.8. The maximum atomic E-state index is 9.86. The second kappa shape index (κ2) is 5.66. The summed E-state index contributed by atoms with van der Waals surface area (Å²) in [6, 6.07) is 0. The molecule has 0 aromatic rings. The Bertz CT molecular complexity index is 128. The number of rotatable bonds is 6. The topological polar surface area (TPSA) is 47.9 Å². The third kappa shape index (κ3) is 6.32. The Morgan fingerprint density at radius 2 is 0.929 bits per heavy atom. The van der Waals surface area contributed by atoms with Crippen LogP contribution in [0.25, 0.3) is 0 Å². The van der Waals surface area contributed by atoms with Gasteiger partial charge in [0.1, 0.15) is 0 Å². The predicted molar refractivity (Wildman–Crippen MR) is 53.6 cm³/mol. The molecular formula is C10H22O4. The average Bonchev–Trinajstić information content (AvgIpc) is 1.76. The summed E-state index contributed by atoms with van der Waals surface area (Å²) in [5.74, 6) is 0. The molecule has 0 amide bonds. The van der Waals surface area contributed by atoms with Crippen LogP contribution < -0.4 is 0 Å². The van der Waals surface area contributed by atoms with Crippen molar-refractivity contribution >= 4 is 0 Å². The van der Waals surface area contributed by atoms with Gasteiger partial charge >= 0.3 is 6.16 Å². The molecule has 0 aliphatic carbocycles. The first-order valence-electron chi connectivity index (χ1n) is 5.01. The normalized spacial score (nSPS) is 13.3. The molecule has 86 valence electrons. The monoisotopic (exact) mass is 206 g/mol. The maximum absolute atomic E-state index is 9.86. The van der Waals surface area contributed by atoms with Crippen molar-refractivity contribution in [3.63, 3.8) is 0 Å². The molecule has 0 rings (SSSR count). The van der Waals surface area contributed by atoms with Crippen LogP contribution in [0.2, 0.25) is 0 Å². The van der Waals surface area contributed by atoms with Crippen LogP contribution in [0.1, 0.15) is 41.5 Å². The van der Waals surface area contributed by atoms with Crippen molar-refractivity contribution in [2.24, 2.45) is 0 Å². The second-order valence-electron chi connectivity index (χ2n) is 4.02. The molecular weight excluding hydrogens is 184 g/mol. The van der Waals surface area contributed by atoms with Gasteiger partial charge in [-0.2, -0.15) is 0 Å². The molecule has 0 aromatic heterocycles. The van der Waals surface area contributed by atoms with E-state index in [2.05, 4.69) is 0 Å². The van der Waals surface area contributed by atoms with Crippen LogP contribution in [0.4, 0.5) is 0 Å². The maximum Gasteiger partial charge on any atom is 0.410 e. The zero-order valence-corrected chi connectivity index (χ0v) is 9.90. The van der Waals surface area contributed by atoms with E-state index in [4.69, 9.17) is 14.2 Å². The van der Waals surface area contributed by atoms with Crippen molar-refractivity contribution in [3.05, 3.63) is 0 Å². The van der Waals surface area contributed by atoms with Gasteiger partial charge in [-0.25, -0.2) is 0 Å². The van der Waals surface area contributed by atoms with Crippen molar-refractivity contribution in [1.29, 1.82) is 0 Å². The Morgan fingerprint density at radius 3 is 1.07 bits per heavy atom. The van der Waals surface area contributed by atoms with E-state index in [0.717, 1.165) is 0 Å². The summed E-state index contributed by atoms with van der Waals surface area (Å²) in [6.07, 6.45) is -2.44. The van der Waals surface area contributed by atoms with Crippen molar-refractivity contribution in [3.8, 4) is 0 Å². The van der Waals surface area contributed by atoms with E-state index in [1.165, 1.54) is 0 Å². The molecule has 0 saturated heterocycles. The molecule has 0 heterocycles. The van der Waals surface area contributed by atoms with Gasteiger partial charge in [-0.1, -0.05) is 0 Å². The van der Waals surface area contributed by atoms with Gasteiger partial charge in [-0.05, 0) is 41.5 Å². The number of aliphatic hydroxyl groups is 1. The van der Waals surface area contributed by atoms with Gasteiger partial charge < -0.3 is 19.3 Å². The van der Waals surface area contributed by atoms with E-state index in [9.17, 15) is 5.11 Å². The van der Waals surface area contributed by atoms with Crippen LogP contribution in [-0.4, -0.2) is 29.6 Å². The smallest absolute Gasteiger partial charge is 0.319 e. The largest absolute Gasteiger partial charge is 0.410 e. The molecule has 0 aliphatic rings. The van der Waals surface area contributed by atoms with Crippen LogP contribution in [0.15, 0.2) is 0 Å². The highest BCUT2D eigenvalue weighted by Crippen LogP contribution is 2.18. The first-order chi connectivity index (χ1) is 6.25. The van der Waals surface area contributed by atoms with E-state index in [0.29, 0.717) is 0 Å². The van der Waals surface area contributed by atoms with Crippen molar-refractivity contribution in [2.45, 2.75) is 66.0 Å². The highest BCUT2D eigenvalue weighted by atomic mass is 17.0. The van der Waals surface area contributed by atoms with E-state index in [-0.39, 0.29) is 18.3 Å². The van der Waals surface area contributed by atoms with E-state index in [1.807, 2.05) is 0 Å². The van der Waals surface area contributed by atoms with Crippen LogP contribution in [0.3, 0.4) is 0 Å². The van der Waals surface area contributed by atoms with Crippen LogP contribution in [0.5, 0.6) is 0 Å². The SMILES string of the molecule is CC(C)OC(O)(OC(C)C)OC(C)C. The molecule has 0 bridgehead atoms. The number of hydrogen-bond donors (Lipinski definition) is 1. The summed E-state index contributed by atoms with van der Waals surface area (Å²) < 4.78 is 15.5. The van der Waals surface area contributed by atoms with Gasteiger partial charge in [0.15, 0.2) is 0 Å². The summed E-state index contributed by atoms with van der Waals surface area (Å²) in [5.41, 5.74) is 0. The molecule has 0 aromatic carbocycles. The van der Waals surface area contributed by atoms with Gasteiger partial charge in [0.25, 0.3) is 0 Å². The molecule has 0 fully saturated rings. The van der Waals surface area contributed by atoms with Gasteiger partial charge in [0.2, 0.25) is 0 Å². The van der Waals surface area contributed by atoms with Crippen LogP contribution in [0, 0.1) is 0 Å². The Morgan fingerprint density at radius 1 is 0.714 bits per heavy atom. The van der Waals surface area contributed by atoms with Crippen molar-refractivity contribution in [1.82, 2.24) is 0 Å². The molecule has 4 heteroatoms. The average molecular weight is 206 g/mol. The van der Waals surface area contributed by atoms with E-state index < -0.39 is 6.16 Å². The Labute approximate surface area is 86.2 Å². The predicted octanol–water partition coefficient (Wildman–Crippen LogP) is 1.86. The fraction of sp³-hybridized carbons (Fsp3) is 1.00. The van der Waals surface area contributed by atoms with Gasteiger partial charge in [0, 0.05) is 0 Å². The van der Waals surface area contributed by atoms with Crippen molar-refractivity contribution in [2.75, 3.05) is 0 Å². The Hall–Kier alpha value is -0.160. The van der Waals surface area contributed by atoms with Gasteiger partial charge in [0.05, 0.1) is 18.3 Å². The molecule has 0 unspecified atom stereocenters. The van der Waals surface area contributed by atoms with Crippen LogP contribution >= 0.6 is 0 Å². The molecule has 1 N–H and O–H groups in total. The fourth-order valence-electron chi connectivity index (χ4n) is 0.977. The quantitative estimate of drug-likeness (QED) is 0.674. The van der Waals surface area contributed by atoms with E-state index in [1.54, 1.807) is 41.5 Å². The third-order valence-corrected chi connectivity index (χ3v) is 1.15. The Balaban J connectivity index is 4.32. The third-order valence-electron chi connectivity index (χ3n) is 1.15. The highest BCUT2D eigenvalue weighted by Gasteiger charge is 2.34. The lowest BCUT2D eigenvalue weighted by Crippen LogP contribution is -2.44. The molecule has 0 aliphatic heterocycles. The first-order valence-corrected chi connectivity index (χ1v) is 5.01. The van der Waals surface area contributed by atoms with Gasteiger partial charge in [-0.3, -0.25) is 0 Å². The highest BCUT2D eigenvalue weighted by molar-refractivity contribution is 4.49. The van der Waals surface area contributed by atoms with E-state index >= 15 is 0 Å². The second-order valence-corrected chi connectivity index (χ2v) is 4.02. The van der Waals surface area contributed by atoms with Gasteiger partial charge in [-0.15, -0.1) is 0 Å². The molecule has 4 nitrogen and oxygen atoms in total. The summed E-state index contributed by atoms with van der Waals surface area (Å²) in [7, 11) is 0. The molecule has 0 atom stereocenters. The standard InChI is InChI=1S/C10H22O4/c1-7(2)12-10(11,13-8(3)4)14-9(5)6/h7-9,11H,1-6H3. The summed E-state index contributed by atoms with van der Waals surface area (Å²) in [6.45, 7) is 10.8. The lowest BCUT2D eigenvalue weighted by molar-refractivity contribution is -0.507. The number of ether oxygens (including phenoxy) is 3. The zero-order chi connectivity index (χ0) is 11.4. The molecule has 0 spiro atoms. The minimum Gasteiger partial charge on any atom is -0.319 e.